The lowest BCUT2D eigenvalue weighted by atomic mass is 10.1. The number of rotatable bonds is 8. The van der Waals surface area contributed by atoms with Gasteiger partial charge >= 0.3 is 5.97 Å². The van der Waals surface area contributed by atoms with Crippen LogP contribution in [-0.4, -0.2) is 53.4 Å². The third kappa shape index (κ3) is 6.38. The lowest BCUT2D eigenvalue weighted by Gasteiger charge is -2.13. The van der Waals surface area contributed by atoms with Crippen LogP contribution in [0.4, 0.5) is 0 Å². The molecule has 19 heavy (non-hydrogen) atoms. The summed E-state index contributed by atoms with van der Waals surface area (Å²) in [5.74, 6) is -0.734. The molecule has 0 N–H and O–H groups in total. The molecule has 6 nitrogen and oxygen atoms in total. The van der Waals surface area contributed by atoms with Crippen molar-refractivity contribution in [2.75, 3.05) is 30.6 Å². The van der Waals surface area contributed by atoms with Crippen molar-refractivity contribution in [1.29, 1.82) is 0 Å². The minimum absolute atomic E-state index is 0.0567. The molecule has 0 aromatic rings. The lowest BCUT2D eigenvalue weighted by molar-refractivity contribution is -0.141. The topological polar surface area (TPSA) is 94.6 Å². The molecule has 0 atom stereocenters. The highest BCUT2D eigenvalue weighted by Crippen LogP contribution is 2.50. The number of sulfone groups is 2. The summed E-state index contributed by atoms with van der Waals surface area (Å²) in [4.78, 5) is 11.2. The number of hydrogen-bond acceptors (Lipinski definition) is 6. The fraction of sp³-hybridized carbons (Fsp3) is 0.909. The molecular weight excluding hydrogens is 292 g/mol. The molecule has 0 saturated heterocycles. The number of carbonyl (C=O) groups is 1. The van der Waals surface area contributed by atoms with E-state index in [0.717, 1.165) is 6.26 Å². The van der Waals surface area contributed by atoms with Crippen LogP contribution in [0, 0.1) is 5.41 Å². The van der Waals surface area contributed by atoms with E-state index in [2.05, 4.69) is 4.74 Å². The van der Waals surface area contributed by atoms with Crippen molar-refractivity contribution in [2.45, 2.75) is 25.7 Å². The van der Waals surface area contributed by atoms with Gasteiger partial charge in [-0.2, -0.15) is 0 Å². The predicted molar refractivity (Wildman–Crippen MR) is 71.3 cm³/mol. The Bertz CT molecular complexity index is 528. The molecule has 1 saturated carbocycles. The zero-order chi connectivity index (χ0) is 14.7. The van der Waals surface area contributed by atoms with Crippen molar-refractivity contribution in [3.8, 4) is 0 Å². The van der Waals surface area contributed by atoms with Gasteiger partial charge in [-0.3, -0.25) is 4.79 Å². The van der Waals surface area contributed by atoms with Gasteiger partial charge in [0.2, 0.25) is 0 Å². The third-order valence-electron chi connectivity index (χ3n) is 3.20. The van der Waals surface area contributed by atoms with Crippen molar-refractivity contribution < 1.29 is 26.4 Å². The summed E-state index contributed by atoms with van der Waals surface area (Å²) in [6, 6.07) is 0. The van der Waals surface area contributed by atoms with E-state index in [0.29, 0.717) is 12.8 Å². The van der Waals surface area contributed by atoms with Crippen LogP contribution in [0.1, 0.15) is 25.7 Å². The molecule has 1 rings (SSSR count). The molecule has 0 aromatic carbocycles. The minimum Gasteiger partial charge on any atom is -0.469 e. The highest BCUT2D eigenvalue weighted by molar-refractivity contribution is 7.92. The smallest absolute Gasteiger partial charge is 0.306 e. The zero-order valence-electron chi connectivity index (χ0n) is 11.2. The van der Waals surface area contributed by atoms with Crippen molar-refractivity contribution >= 4 is 25.6 Å². The van der Waals surface area contributed by atoms with E-state index in [1.54, 1.807) is 0 Å². The van der Waals surface area contributed by atoms with E-state index in [4.69, 9.17) is 0 Å². The van der Waals surface area contributed by atoms with Crippen molar-refractivity contribution in [3.05, 3.63) is 0 Å². The van der Waals surface area contributed by atoms with Gasteiger partial charge in [0.15, 0.2) is 9.84 Å². The Balaban J connectivity index is 2.49. The molecule has 0 amide bonds. The average molecular weight is 312 g/mol. The van der Waals surface area contributed by atoms with Gasteiger partial charge in [0.25, 0.3) is 0 Å². The number of ether oxygens (including phenoxy) is 1. The van der Waals surface area contributed by atoms with E-state index in [1.807, 2.05) is 0 Å². The molecule has 0 spiro atoms. The van der Waals surface area contributed by atoms with Crippen LogP contribution < -0.4 is 0 Å². The lowest BCUT2D eigenvalue weighted by Crippen LogP contribution is -2.24. The molecule has 0 bridgehead atoms. The summed E-state index contributed by atoms with van der Waals surface area (Å²) in [6.45, 7) is 0. The van der Waals surface area contributed by atoms with Crippen LogP contribution in [0.3, 0.4) is 0 Å². The number of carbonyl (C=O) groups excluding carboxylic acids is 1. The third-order valence-corrected chi connectivity index (χ3v) is 6.19. The summed E-state index contributed by atoms with van der Waals surface area (Å²) in [7, 11) is -5.18. The predicted octanol–water partition coefficient (Wildman–Crippen LogP) is 0.179. The van der Waals surface area contributed by atoms with Crippen LogP contribution in [-0.2, 0) is 29.2 Å². The minimum atomic E-state index is -3.33. The fourth-order valence-corrected chi connectivity index (χ4v) is 4.91. The van der Waals surface area contributed by atoms with E-state index < -0.39 is 31.1 Å². The van der Waals surface area contributed by atoms with Crippen LogP contribution in [0.15, 0.2) is 0 Å². The Morgan fingerprint density at radius 1 is 1.16 bits per heavy atom. The van der Waals surface area contributed by atoms with Gasteiger partial charge in [0, 0.05) is 6.26 Å². The maximum atomic E-state index is 11.9. The summed E-state index contributed by atoms with van der Waals surface area (Å²) in [5, 5.41) is 0. The van der Waals surface area contributed by atoms with Gasteiger partial charge < -0.3 is 4.74 Å². The second-order valence-corrected chi connectivity index (χ2v) is 9.77. The average Bonchev–Trinajstić information content (AvgIpc) is 2.93. The fourth-order valence-electron chi connectivity index (χ4n) is 2.01. The zero-order valence-corrected chi connectivity index (χ0v) is 12.8. The monoisotopic (exact) mass is 312 g/mol. The normalized spacial score (nSPS) is 18.0. The van der Waals surface area contributed by atoms with Gasteiger partial charge in [-0.15, -0.1) is 0 Å². The quantitative estimate of drug-likeness (QED) is 0.593. The summed E-state index contributed by atoms with van der Waals surface area (Å²) < 4.78 is 50.2. The van der Waals surface area contributed by atoms with Crippen LogP contribution in [0.5, 0.6) is 0 Å². The molecule has 0 aliphatic heterocycles. The Morgan fingerprint density at radius 3 is 2.16 bits per heavy atom. The van der Waals surface area contributed by atoms with E-state index in [1.165, 1.54) is 7.11 Å². The first-order valence-corrected chi connectivity index (χ1v) is 9.91. The van der Waals surface area contributed by atoms with Gasteiger partial charge in [-0.1, -0.05) is 0 Å². The second kappa shape index (κ2) is 5.78. The molecule has 0 aromatic heterocycles. The van der Waals surface area contributed by atoms with Crippen LogP contribution in [0.25, 0.3) is 0 Å². The molecule has 1 fully saturated rings. The molecule has 1 aliphatic rings. The largest absolute Gasteiger partial charge is 0.469 e. The van der Waals surface area contributed by atoms with Crippen molar-refractivity contribution in [1.82, 2.24) is 0 Å². The Morgan fingerprint density at radius 2 is 1.74 bits per heavy atom. The van der Waals surface area contributed by atoms with Gasteiger partial charge in [-0.05, 0) is 24.7 Å². The van der Waals surface area contributed by atoms with Gasteiger partial charge in [-0.25, -0.2) is 16.8 Å². The maximum absolute atomic E-state index is 11.9. The molecule has 0 radical (unpaired) electrons. The molecule has 0 heterocycles. The van der Waals surface area contributed by atoms with E-state index in [9.17, 15) is 21.6 Å². The Kier molecular flexibility index (Phi) is 5.00. The van der Waals surface area contributed by atoms with Crippen molar-refractivity contribution in [3.63, 3.8) is 0 Å². The molecule has 112 valence electrons. The first kappa shape index (κ1) is 16.4. The number of methoxy groups -OCH3 is 1. The van der Waals surface area contributed by atoms with E-state index in [-0.39, 0.29) is 30.1 Å². The molecule has 1 aliphatic carbocycles. The maximum Gasteiger partial charge on any atom is 0.306 e. The first-order chi connectivity index (χ1) is 8.58. The molecule has 8 heteroatoms. The highest BCUT2D eigenvalue weighted by Gasteiger charge is 2.47. The molecule has 0 unspecified atom stereocenters. The second-order valence-electron chi connectivity index (χ2n) is 5.33. The van der Waals surface area contributed by atoms with Gasteiger partial charge in [0.1, 0.15) is 9.84 Å². The Labute approximate surface area is 114 Å². The summed E-state index contributed by atoms with van der Waals surface area (Å²) >= 11 is 0. The molecular formula is C11H20O6S2. The van der Waals surface area contributed by atoms with Crippen molar-refractivity contribution in [2.24, 2.45) is 5.41 Å². The number of esters is 1. The standard InChI is InChI=1S/C11H20O6S2/c1-17-10(12)8-11(4-5-11)9-19(15,16)7-3-6-18(2,13)14/h3-9H2,1-2H3. The van der Waals surface area contributed by atoms with Crippen LogP contribution in [0.2, 0.25) is 0 Å². The number of hydrogen-bond donors (Lipinski definition) is 0. The van der Waals surface area contributed by atoms with E-state index >= 15 is 0 Å². The highest BCUT2D eigenvalue weighted by atomic mass is 32.2. The summed E-state index contributed by atoms with van der Waals surface area (Å²) in [5.41, 5.74) is -0.475. The first-order valence-electron chi connectivity index (χ1n) is 6.03. The Hall–Kier alpha value is -0.630. The summed E-state index contributed by atoms with van der Waals surface area (Å²) in [6.07, 6.45) is 2.71. The SMILES string of the molecule is COC(=O)CC1(CS(=O)(=O)CCCS(C)(=O)=O)CC1. The van der Waals surface area contributed by atoms with Gasteiger partial charge in [0.05, 0.1) is 30.8 Å². The van der Waals surface area contributed by atoms with Crippen LogP contribution >= 0.6 is 0 Å².